The minimum Gasteiger partial charge on any atom is -0.489 e. The molecule has 0 bridgehead atoms. The number of allylic oxidation sites excluding steroid dienone is 8. The first-order chi connectivity index (χ1) is 30.0. The number of esters is 3. The third-order valence-corrected chi connectivity index (χ3v) is 13.3. The summed E-state index contributed by atoms with van der Waals surface area (Å²) in [5, 5.41) is 0. The van der Waals surface area contributed by atoms with Crippen LogP contribution in [0.15, 0.2) is 80.4 Å². The van der Waals surface area contributed by atoms with Crippen LogP contribution in [0.5, 0.6) is 0 Å². The number of fused-ring (bicyclic) bond motifs is 1. The first-order valence-corrected chi connectivity index (χ1v) is 21.6. The fourth-order valence-electron chi connectivity index (χ4n) is 8.73. The number of carbonyl (C=O) groups is 9. The number of carbonyl (C=O) groups excluding carboxylic acids is 9. The van der Waals surface area contributed by atoms with Crippen LogP contribution in [0.1, 0.15) is 153 Å². The summed E-state index contributed by atoms with van der Waals surface area (Å²) in [7, 11) is 2.66. The highest BCUT2D eigenvalue weighted by Gasteiger charge is 2.41. The van der Waals surface area contributed by atoms with E-state index in [4.69, 9.17) is 23.7 Å². The highest BCUT2D eigenvalue weighted by Crippen LogP contribution is 2.38. The average Bonchev–Trinajstić information content (AvgIpc) is 3.92. The van der Waals surface area contributed by atoms with Crippen molar-refractivity contribution in [3.05, 3.63) is 91.5 Å². The number of hydrogen-bond donors (Lipinski definition) is 0. The van der Waals surface area contributed by atoms with Gasteiger partial charge in [0.1, 0.15) is 16.8 Å². The van der Waals surface area contributed by atoms with Gasteiger partial charge in [-0.05, 0) is 113 Å². The van der Waals surface area contributed by atoms with Gasteiger partial charge in [0.05, 0.1) is 14.2 Å². The maximum Gasteiger partial charge on any atom is 0.306 e. The molecule has 3 aliphatic carbocycles. The monoisotopic (exact) mass is 882 g/mol. The topological polar surface area (TPSA) is 200 Å². The van der Waals surface area contributed by atoms with Crippen LogP contribution < -0.4 is 0 Å². The number of ketones is 6. The summed E-state index contributed by atoms with van der Waals surface area (Å²) in [5.41, 5.74) is 3.34. The quantitative estimate of drug-likeness (QED) is 0.119. The summed E-state index contributed by atoms with van der Waals surface area (Å²) in [6.07, 6.45) is 6.11. The Balaban J connectivity index is 0.000000181. The Bertz CT molecular complexity index is 2400. The van der Waals surface area contributed by atoms with E-state index in [1.807, 2.05) is 20.8 Å². The molecule has 342 valence electrons. The van der Waals surface area contributed by atoms with E-state index in [1.165, 1.54) is 14.2 Å². The first kappa shape index (κ1) is 49.0. The van der Waals surface area contributed by atoms with Gasteiger partial charge in [0.15, 0.2) is 23.1 Å². The van der Waals surface area contributed by atoms with E-state index in [2.05, 4.69) is 0 Å². The van der Waals surface area contributed by atoms with Crippen LogP contribution in [0.2, 0.25) is 0 Å². The maximum atomic E-state index is 12.6. The van der Waals surface area contributed by atoms with Crippen LogP contribution in [-0.4, -0.2) is 83.6 Å². The standard InChI is InChI=1S/C18H18O4.C16H20O6.C16H20O4/c1-11-12(7-9-18(2)10-8-15(19)22-18)17(21)14-6-4-3-5-13(14)16(11)20;1-9-10(5-7-16(2)8-6-11(17)22-16)13(19)15(21-4)14(20-3)12(9)18;1-9-10(2)15(19)12(11(3)14(9)18)5-7-16(4)8-6-13(17)20-16/h3-6H,7-10H2,1-2H3;5-8H2,1-4H3;5-8H2,1-4H3. The Morgan fingerprint density at radius 2 is 0.766 bits per heavy atom. The summed E-state index contributed by atoms with van der Waals surface area (Å²) < 4.78 is 26.0. The summed E-state index contributed by atoms with van der Waals surface area (Å²) >= 11 is 0. The molecular formula is C50H58O14. The predicted octanol–water partition coefficient (Wildman–Crippen LogP) is 7.76. The third-order valence-electron chi connectivity index (χ3n) is 13.3. The Morgan fingerprint density at radius 3 is 1.16 bits per heavy atom. The van der Waals surface area contributed by atoms with Crippen LogP contribution in [0.3, 0.4) is 0 Å². The fraction of sp³-hybridized carbons (Fsp3) is 0.500. The molecule has 0 saturated carbocycles. The lowest BCUT2D eigenvalue weighted by Crippen LogP contribution is -2.28. The van der Waals surface area contributed by atoms with Gasteiger partial charge in [-0.2, -0.15) is 0 Å². The molecule has 1 aromatic rings. The molecule has 3 atom stereocenters. The van der Waals surface area contributed by atoms with Gasteiger partial charge in [-0.1, -0.05) is 24.3 Å². The molecule has 3 unspecified atom stereocenters. The number of rotatable bonds is 11. The number of hydrogen-bond acceptors (Lipinski definition) is 14. The Hall–Kier alpha value is -6.05. The smallest absolute Gasteiger partial charge is 0.306 e. The molecule has 64 heavy (non-hydrogen) atoms. The van der Waals surface area contributed by atoms with E-state index < -0.39 is 16.8 Å². The van der Waals surface area contributed by atoms with E-state index in [9.17, 15) is 43.2 Å². The van der Waals surface area contributed by atoms with Gasteiger partial charge in [0.2, 0.25) is 23.1 Å². The summed E-state index contributed by atoms with van der Waals surface area (Å²) in [5.74, 6) is -1.68. The van der Waals surface area contributed by atoms with Crippen molar-refractivity contribution in [1.29, 1.82) is 0 Å². The maximum absolute atomic E-state index is 12.6. The highest BCUT2D eigenvalue weighted by molar-refractivity contribution is 6.27. The Morgan fingerprint density at radius 1 is 0.438 bits per heavy atom. The van der Waals surface area contributed by atoms with Crippen LogP contribution in [-0.2, 0) is 57.2 Å². The molecule has 14 nitrogen and oxygen atoms in total. The van der Waals surface area contributed by atoms with Crippen LogP contribution in [0, 0.1) is 0 Å². The third kappa shape index (κ3) is 10.3. The van der Waals surface area contributed by atoms with Crippen molar-refractivity contribution < 1.29 is 66.8 Å². The van der Waals surface area contributed by atoms with Crippen LogP contribution in [0.4, 0.5) is 0 Å². The molecule has 3 fully saturated rings. The molecule has 6 aliphatic rings. The molecule has 7 rings (SSSR count). The lowest BCUT2D eigenvalue weighted by atomic mass is 9.81. The van der Waals surface area contributed by atoms with Gasteiger partial charge in [-0.3, -0.25) is 43.2 Å². The second-order valence-electron chi connectivity index (χ2n) is 17.9. The van der Waals surface area contributed by atoms with Crippen molar-refractivity contribution >= 4 is 52.6 Å². The summed E-state index contributed by atoms with van der Waals surface area (Å²) in [6.45, 7) is 14.0. The van der Waals surface area contributed by atoms with E-state index >= 15 is 0 Å². The van der Waals surface area contributed by atoms with Gasteiger partial charge in [0.25, 0.3) is 0 Å². The van der Waals surface area contributed by atoms with Gasteiger partial charge >= 0.3 is 17.9 Å². The molecule has 0 amide bonds. The zero-order valence-corrected chi connectivity index (χ0v) is 38.5. The van der Waals surface area contributed by atoms with Crippen molar-refractivity contribution in [3.63, 3.8) is 0 Å². The second kappa shape index (κ2) is 19.4. The van der Waals surface area contributed by atoms with Gasteiger partial charge in [-0.25, -0.2) is 0 Å². The number of benzene rings is 1. The normalized spacial score (nSPS) is 25.9. The zero-order chi connectivity index (χ0) is 47.5. The largest absolute Gasteiger partial charge is 0.489 e. The zero-order valence-electron chi connectivity index (χ0n) is 38.5. The average molecular weight is 883 g/mol. The van der Waals surface area contributed by atoms with E-state index in [1.54, 1.807) is 58.9 Å². The number of ether oxygens (including phenoxy) is 5. The molecule has 0 spiro atoms. The second-order valence-corrected chi connectivity index (χ2v) is 17.9. The number of cyclic esters (lactones) is 3. The molecule has 0 radical (unpaired) electrons. The number of Topliss-reactive ketones (excluding diaryl/α,β-unsaturated/α-hetero) is 6. The molecule has 3 heterocycles. The predicted molar refractivity (Wildman–Crippen MR) is 232 cm³/mol. The number of methoxy groups -OCH3 is 2. The minimum atomic E-state index is -0.577. The lowest BCUT2D eigenvalue weighted by Gasteiger charge is -2.25. The molecule has 0 N–H and O–H groups in total. The SMILES string of the molecule is CC1=C(C)C(=O)C(CCC2(C)CCC(=O)O2)=C(C)C1=O.CC1=C(CCC2(C)CCC(=O)O2)C(=O)c2ccccc2C1=O.COC1=C(OC)C(=O)C(CCC2(C)CCC(=O)O2)=C(C)C1=O. The van der Waals surface area contributed by atoms with Crippen molar-refractivity contribution in [2.45, 2.75) is 149 Å². The Labute approximate surface area is 373 Å². The summed E-state index contributed by atoms with van der Waals surface area (Å²) in [4.78, 5) is 108. The Kier molecular flexibility index (Phi) is 14.8. The van der Waals surface area contributed by atoms with Crippen molar-refractivity contribution in [1.82, 2.24) is 0 Å². The van der Waals surface area contributed by atoms with E-state index in [0.29, 0.717) is 133 Å². The molecule has 14 heteroatoms. The molecule has 3 aliphatic heterocycles. The van der Waals surface area contributed by atoms with Crippen molar-refractivity contribution in [2.24, 2.45) is 0 Å². The van der Waals surface area contributed by atoms with E-state index in [0.717, 1.165) is 0 Å². The first-order valence-electron chi connectivity index (χ1n) is 21.6. The molecule has 1 aromatic carbocycles. The van der Waals surface area contributed by atoms with E-state index in [-0.39, 0.29) is 64.1 Å². The van der Waals surface area contributed by atoms with Gasteiger partial charge < -0.3 is 23.7 Å². The molecular weight excluding hydrogens is 825 g/mol. The van der Waals surface area contributed by atoms with Crippen LogP contribution in [0.25, 0.3) is 0 Å². The van der Waals surface area contributed by atoms with Crippen molar-refractivity contribution in [3.8, 4) is 0 Å². The fourth-order valence-corrected chi connectivity index (χ4v) is 8.73. The highest BCUT2D eigenvalue weighted by atomic mass is 16.6. The van der Waals surface area contributed by atoms with Gasteiger partial charge in [0, 0.05) is 75.0 Å². The molecule has 0 aromatic heterocycles. The molecule has 3 saturated heterocycles. The summed E-state index contributed by atoms with van der Waals surface area (Å²) in [6, 6.07) is 6.92. The van der Waals surface area contributed by atoms with Gasteiger partial charge in [-0.15, -0.1) is 0 Å². The lowest BCUT2D eigenvalue weighted by molar-refractivity contribution is -0.148. The van der Waals surface area contributed by atoms with Crippen LogP contribution >= 0.6 is 0 Å². The van der Waals surface area contributed by atoms with Crippen molar-refractivity contribution in [2.75, 3.05) is 14.2 Å². The minimum absolute atomic E-state index is 0.0486.